The lowest BCUT2D eigenvalue weighted by Gasteiger charge is -2.29. The Kier molecular flexibility index (Phi) is 4.59. The first-order chi connectivity index (χ1) is 8.66. The van der Waals surface area contributed by atoms with E-state index in [1.165, 1.54) is 0 Å². The van der Waals surface area contributed by atoms with E-state index in [4.69, 9.17) is 4.74 Å². The van der Waals surface area contributed by atoms with Crippen molar-refractivity contribution in [2.24, 2.45) is 5.41 Å². The van der Waals surface area contributed by atoms with Crippen molar-refractivity contribution in [3.63, 3.8) is 0 Å². The van der Waals surface area contributed by atoms with E-state index in [1.54, 1.807) is 0 Å². The van der Waals surface area contributed by atoms with Gasteiger partial charge in [0.25, 0.3) is 0 Å². The number of rotatable bonds is 5. The third-order valence-corrected chi connectivity index (χ3v) is 4.40. The minimum absolute atomic E-state index is 0.495. The molecule has 0 aromatic rings. The molecule has 2 aliphatic rings. The van der Waals surface area contributed by atoms with E-state index in [0.29, 0.717) is 6.54 Å². The highest BCUT2D eigenvalue weighted by Crippen LogP contribution is 2.33. The Morgan fingerprint density at radius 3 is 2.44 bits per heavy atom. The van der Waals surface area contributed by atoms with Crippen LogP contribution in [0.3, 0.4) is 0 Å². The lowest BCUT2D eigenvalue weighted by atomic mass is 9.84. The van der Waals surface area contributed by atoms with Gasteiger partial charge in [-0.25, -0.2) is 0 Å². The topological polar surface area (TPSA) is 53.0 Å². The first kappa shape index (κ1) is 13.8. The molecule has 0 spiro atoms. The van der Waals surface area contributed by atoms with Gasteiger partial charge in [-0.15, -0.1) is 0 Å². The number of carbonyl (C=O) groups is 1. The van der Waals surface area contributed by atoms with Gasteiger partial charge in [0.15, 0.2) is 0 Å². The van der Waals surface area contributed by atoms with Gasteiger partial charge in [-0.2, -0.15) is 0 Å². The van der Waals surface area contributed by atoms with Crippen LogP contribution in [-0.2, 0) is 9.53 Å². The standard InChI is InChI=1S/C13H24N2O3/c1-2-13(12(16)17)3-4-15(11-13)6-5-14-7-9-18-10-8-14/h2-11H2,1H3,(H,16,17). The molecule has 0 radical (unpaired) electrons. The monoisotopic (exact) mass is 256 g/mol. The van der Waals surface area contributed by atoms with Gasteiger partial charge >= 0.3 is 5.97 Å². The highest BCUT2D eigenvalue weighted by Gasteiger charge is 2.42. The van der Waals surface area contributed by atoms with Crippen LogP contribution in [0.5, 0.6) is 0 Å². The predicted molar refractivity (Wildman–Crippen MR) is 68.7 cm³/mol. The summed E-state index contributed by atoms with van der Waals surface area (Å²) in [5.41, 5.74) is -0.495. The molecular weight excluding hydrogens is 232 g/mol. The second-order valence-electron chi connectivity index (χ2n) is 5.42. The molecule has 104 valence electrons. The first-order valence-corrected chi connectivity index (χ1v) is 6.92. The van der Waals surface area contributed by atoms with Gasteiger partial charge < -0.3 is 14.7 Å². The number of carboxylic acid groups (broad SMARTS) is 1. The molecule has 5 nitrogen and oxygen atoms in total. The van der Waals surface area contributed by atoms with Crippen molar-refractivity contribution >= 4 is 5.97 Å². The predicted octanol–water partition coefficient (Wildman–Crippen LogP) is 0.505. The fourth-order valence-electron chi connectivity index (χ4n) is 2.87. The van der Waals surface area contributed by atoms with Crippen molar-refractivity contribution in [1.29, 1.82) is 0 Å². The summed E-state index contributed by atoms with van der Waals surface area (Å²) in [5, 5.41) is 9.34. The molecule has 0 aromatic carbocycles. The molecule has 0 saturated carbocycles. The highest BCUT2D eigenvalue weighted by molar-refractivity contribution is 5.75. The van der Waals surface area contributed by atoms with Crippen LogP contribution in [0.4, 0.5) is 0 Å². The van der Waals surface area contributed by atoms with Gasteiger partial charge in [0.05, 0.1) is 18.6 Å². The highest BCUT2D eigenvalue weighted by atomic mass is 16.5. The third-order valence-electron chi connectivity index (χ3n) is 4.40. The summed E-state index contributed by atoms with van der Waals surface area (Å²) in [6.07, 6.45) is 1.53. The van der Waals surface area contributed by atoms with Crippen molar-refractivity contribution in [1.82, 2.24) is 9.80 Å². The largest absolute Gasteiger partial charge is 0.481 e. The molecule has 1 N–H and O–H groups in total. The second-order valence-corrected chi connectivity index (χ2v) is 5.42. The molecule has 2 fully saturated rings. The minimum atomic E-state index is -0.626. The maximum atomic E-state index is 11.4. The van der Waals surface area contributed by atoms with E-state index in [0.717, 1.165) is 58.8 Å². The van der Waals surface area contributed by atoms with Crippen LogP contribution in [0.25, 0.3) is 0 Å². The fourth-order valence-corrected chi connectivity index (χ4v) is 2.87. The maximum Gasteiger partial charge on any atom is 0.310 e. The number of hydrogen-bond donors (Lipinski definition) is 1. The Balaban J connectivity index is 1.76. The summed E-state index contributed by atoms with van der Waals surface area (Å²) in [6.45, 7) is 9.30. The van der Waals surface area contributed by atoms with Gasteiger partial charge in [0.1, 0.15) is 0 Å². The molecule has 2 aliphatic heterocycles. The number of hydrogen-bond acceptors (Lipinski definition) is 4. The molecule has 0 amide bonds. The number of nitrogens with zero attached hydrogens (tertiary/aromatic N) is 2. The van der Waals surface area contributed by atoms with Crippen molar-refractivity contribution in [2.75, 3.05) is 52.5 Å². The summed E-state index contributed by atoms with van der Waals surface area (Å²) in [4.78, 5) is 16.1. The van der Waals surface area contributed by atoms with Gasteiger partial charge in [0.2, 0.25) is 0 Å². The molecular formula is C13H24N2O3. The minimum Gasteiger partial charge on any atom is -0.481 e. The van der Waals surface area contributed by atoms with Gasteiger partial charge in [-0.05, 0) is 19.4 Å². The summed E-state index contributed by atoms with van der Waals surface area (Å²) in [5.74, 6) is -0.626. The van der Waals surface area contributed by atoms with Crippen molar-refractivity contribution in [3.05, 3.63) is 0 Å². The van der Waals surface area contributed by atoms with Crippen LogP contribution in [0.15, 0.2) is 0 Å². The van der Waals surface area contributed by atoms with E-state index < -0.39 is 11.4 Å². The fraction of sp³-hybridized carbons (Fsp3) is 0.923. The summed E-state index contributed by atoms with van der Waals surface area (Å²) >= 11 is 0. The van der Waals surface area contributed by atoms with Crippen molar-refractivity contribution < 1.29 is 14.6 Å². The Morgan fingerprint density at radius 1 is 1.22 bits per heavy atom. The smallest absolute Gasteiger partial charge is 0.310 e. The Bertz CT molecular complexity index is 292. The lowest BCUT2D eigenvalue weighted by molar-refractivity contribution is -0.148. The molecule has 0 bridgehead atoms. The van der Waals surface area contributed by atoms with E-state index in [9.17, 15) is 9.90 Å². The number of likely N-dealkylation sites (tertiary alicyclic amines) is 1. The van der Waals surface area contributed by atoms with Crippen LogP contribution in [0.1, 0.15) is 19.8 Å². The molecule has 0 aliphatic carbocycles. The summed E-state index contributed by atoms with van der Waals surface area (Å²) < 4.78 is 5.32. The molecule has 5 heteroatoms. The first-order valence-electron chi connectivity index (χ1n) is 6.92. The second kappa shape index (κ2) is 5.99. The average Bonchev–Trinajstić information content (AvgIpc) is 2.83. The molecule has 0 aromatic heterocycles. The third kappa shape index (κ3) is 3.02. The quantitative estimate of drug-likeness (QED) is 0.776. The number of aliphatic carboxylic acids is 1. The Hall–Kier alpha value is -0.650. The maximum absolute atomic E-state index is 11.4. The average molecular weight is 256 g/mol. The summed E-state index contributed by atoms with van der Waals surface area (Å²) in [7, 11) is 0. The van der Waals surface area contributed by atoms with Crippen molar-refractivity contribution in [3.8, 4) is 0 Å². The SMILES string of the molecule is CCC1(C(=O)O)CCN(CCN2CCOCC2)C1. The molecule has 18 heavy (non-hydrogen) atoms. The Labute approximate surface area is 109 Å². The molecule has 1 unspecified atom stereocenters. The number of carboxylic acids is 1. The van der Waals surface area contributed by atoms with Crippen LogP contribution in [0, 0.1) is 5.41 Å². The van der Waals surface area contributed by atoms with E-state index in [-0.39, 0.29) is 0 Å². The van der Waals surface area contributed by atoms with E-state index in [2.05, 4.69) is 9.80 Å². The number of ether oxygens (including phenoxy) is 1. The normalized spacial score (nSPS) is 30.7. The zero-order valence-electron chi connectivity index (χ0n) is 11.2. The van der Waals surface area contributed by atoms with Gasteiger partial charge in [-0.1, -0.05) is 6.92 Å². The van der Waals surface area contributed by atoms with Gasteiger partial charge in [-0.3, -0.25) is 9.69 Å². The van der Waals surface area contributed by atoms with Crippen LogP contribution in [-0.4, -0.2) is 73.4 Å². The van der Waals surface area contributed by atoms with Gasteiger partial charge in [0, 0.05) is 32.7 Å². The van der Waals surface area contributed by atoms with Crippen LogP contribution in [0.2, 0.25) is 0 Å². The van der Waals surface area contributed by atoms with Crippen LogP contribution < -0.4 is 0 Å². The molecule has 2 saturated heterocycles. The van der Waals surface area contributed by atoms with Crippen LogP contribution >= 0.6 is 0 Å². The molecule has 2 heterocycles. The van der Waals surface area contributed by atoms with E-state index in [1.807, 2.05) is 6.92 Å². The summed E-state index contributed by atoms with van der Waals surface area (Å²) in [6, 6.07) is 0. The van der Waals surface area contributed by atoms with E-state index >= 15 is 0 Å². The zero-order valence-corrected chi connectivity index (χ0v) is 11.2. The lowest BCUT2D eigenvalue weighted by Crippen LogP contribution is -2.42. The number of morpholine rings is 1. The van der Waals surface area contributed by atoms with Crippen molar-refractivity contribution in [2.45, 2.75) is 19.8 Å². The molecule has 2 rings (SSSR count). The Morgan fingerprint density at radius 2 is 1.89 bits per heavy atom. The molecule has 1 atom stereocenters. The zero-order chi connectivity index (χ0) is 13.0.